The van der Waals surface area contributed by atoms with Crippen LogP contribution in [0.25, 0.3) is 0 Å². The Morgan fingerprint density at radius 2 is 2.15 bits per heavy atom. The average Bonchev–Trinajstić information content (AvgIpc) is 2.81. The summed E-state index contributed by atoms with van der Waals surface area (Å²) in [5.41, 5.74) is 1.99. The van der Waals surface area contributed by atoms with Gasteiger partial charge in [-0.3, -0.25) is 0 Å². The van der Waals surface area contributed by atoms with Gasteiger partial charge in [-0.25, -0.2) is 4.39 Å². The number of aryl methyl sites for hydroxylation is 1. The van der Waals surface area contributed by atoms with E-state index in [0.29, 0.717) is 13.0 Å². The van der Waals surface area contributed by atoms with Crippen LogP contribution < -0.4 is 9.47 Å². The Kier molecular flexibility index (Phi) is 3.66. The van der Waals surface area contributed by atoms with Gasteiger partial charge in [0.05, 0.1) is 0 Å². The van der Waals surface area contributed by atoms with Gasteiger partial charge >= 0.3 is 0 Å². The first-order chi connectivity index (χ1) is 9.61. The van der Waals surface area contributed by atoms with Crippen LogP contribution in [0.1, 0.15) is 11.1 Å². The van der Waals surface area contributed by atoms with Gasteiger partial charge in [0, 0.05) is 16.5 Å². The molecule has 0 fully saturated rings. The summed E-state index contributed by atoms with van der Waals surface area (Å²) in [6.45, 7) is 2.45. The first-order valence-corrected chi connectivity index (χ1v) is 7.25. The molecule has 1 heterocycles. The van der Waals surface area contributed by atoms with Crippen molar-refractivity contribution in [3.63, 3.8) is 0 Å². The van der Waals surface area contributed by atoms with Gasteiger partial charge in [0.15, 0.2) is 0 Å². The highest BCUT2D eigenvalue weighted by molar-refractivity contribution is 9.10. The van der Waals surface area contributed by atoms with Gasteiger partial charge in [-0.2, -0.15) is 0 Å². The topological polar surface area (TPSA) is 18.5 Å². The molecule has 0 aromatic heterocycles. The van der Waals surface area contributed by atoms with Crippen LogP contribution in [0.15, 0.2) is 40.9 Å². The van der Waals surface area contributed by atoms with Crippen molar-refractivity contribution in [2.24, 2.45) is 0 Å². The predicted octanol–water partition coefficient (Wildman–Crippen LogP) is 4.28. The molecule has 0 saturated heterocycles. The number of rotatable bonds is 3. The summed E-state index contributed by atoms with van der Waals surface area (Å²) < 4.78 is 25.7. The lowest BCUT2D eigenvalue weighted by molar-refractivity contribution is 0.148. The van der Waals surface area contributed by atoms with Gasteiger partial charge < -0.3 is 9.47 Å². The van der Waals surface area contributed by atoms with Crippen molar-refractivity contribution in [3.05, 3.63) is 57.8 Å². The van der Waals surface area contributed by atoms with Crippen LogP contribution in [0.5, 0.6) is 11.5 Å². The van der Waals surface area contributed by atoms with Crippen LogP contribution in [0.3, 0.4) is 0 Å². The maximum absolute atomic E-state index is 13.1. The Hall–Kier alpha value is -1.55. The molecule has 104 valence electrons. The summed E-state index contributed by atoms with van der Waals surface area (Å²) >= 11 is 3.43. The predicted molar refractivity (Wildman–Crippen MR) is 78.9 cm³/mol. The highest BCUT2D eigenvalue weighted by atomic mass is 79.9. The fourth-order valence-corrected chi connectivity index (χ4v) is 2.63. The van der Waals surface area contributed by atoms with E-state index in [2.05, 4.69) is 15.9 Å². The monoisotopic (exact) mass is 336 g/mol. The van der Waals surface area contributed by atoms with Gasteiger partial charge in [-0.05, 0) is 42.8 Å². The van der Waals surface area contributed by atoms with E-state index in [0.717, 1.165) is 27.1 Å². The number of ether oxygens (including phenoxy) is 2. The smallest absolute Gasteiger partial charge is 0.137 e. The fraction of sp³-hybridized carbons (Fsp3) is 0.250. The molecular weight excluding hydrogens is 323 g/mol. The molecule has 0 radical (unpaired) electrons. The van der Waals surface area contributed by atoms with Gasteiger partial charge in [-0.1, -0.05) is 22.0 Å². The summed E-state index contributed by atoms with van der Waals surface area (Å²) in [5, 5.41) is 0. The zero-order chi connectivity index (χ0) is 14.1. The van der Waals surface area contributed by atoms with Crippen molar-refractivity contribution < 1.29 is 13.9 Å². The molecule has 20 heavy (non-hydrogen) atoms. The molecular formula is C16H14BrFO2. The lowest BCUT2D eigenvalue weighted by Gasteiger charge is -2.14. The zero-order valence-electron chi connectivity index (χ0n) is 11.0. The fourth-order valence-electron chi connectivity index (χ4n) is 2.29. The third-order valence-electron chi connectivity index (χ3n) is 3.34. The zero-order valence-corrected chi connectivity index (χ0v) is 12.6. The number of fused-ring (bicyclic) bond motifs is 1. The molecule has 1 aliphatic rings. The van der Waals surface area contributed by atoms with Crippen molar-refractivity contribution in [1.29, 1.82) is 0 Å². The van der Waals surface area contributed by atoms with Crippen LogP contribution in [0.2, 0.25) is 0 Å². The average molecular weight is 337 g/mol. The van der Waals surface area contributed by atoms with E-state index < -0.39 is 0 Å². The number of hydrogen-bond acceptors (Lipinski definition) is 2. The lowest BCUT2D eigenvalue weighted by atomic mass is 10.1. The number of halogens is 2. The maximum atomic E-state index is 13.1. The summed E-state index contributed by atoms with van der Waals surface area (Å²) in [6, 6.07) is 10.5. The Bertz CT molecular complexity index is 642. The van der Waals surface area contributed by atoms with Gasteiger partial charge in [0.25, 0.3) is 0 Å². The first-order valence-electron chi connectivity index (χ1n) is 6.46. The second-order valence-electron chi connectivity index (χ2n) is 4.92. The summed E-state index contributed by atoms with van der Waals surface area (Å²) in [7, 11) is 0. The SMILES string of the molecule is Cc1ccc(Br)cc1OCC1Cc2cc(F)ccc2O1. The minimum absolute atomic E-state index is 0.0646. The molecule has 0 amide bonds. The van der Waals surface area contributed by atoms with E-state index in [-0.39, 0.29) is 11.9 Å². The van der Waals surface area contributed by atoms with Crippen LogP contribution in [0, 0.1) is 12.7 Å². The third-order valence-corrected chi connectivity index (χ3v) is 3.83. The van der Waals surface area contributed by atoms with E-state index in [4.69, 9.17) is 9.47 Å². The highest BCUT2D eigenvalue weighted by Gasteiger charge is 2.24. The molecule has 1 unspecified atom stereocenters. The number of benzene rings is 2. The standard InChI is InChI=1S/C16H14BrFO2/c1-10-2-3-12(17)8-16(10)19-9-14-7-11-6-13(18)4-5-15(11)20-14/h2-6,8,14H,7,9H2,1H3. The second kappa shape index (κ2) is 5.44. The van der Waals surface area contributed by atoms with Crippen molar-refractivity contribution >= 4 is 15.9 Å². The van der Waals surface area contributed by atoms with Gasteiger partial charge in [0.2, 0.25) is 0 Å². The molecule has 0 bridgehead atoms. The quantitative estimate of drug-likeness (QED) is 0.832. The molecule has 1 atom stereocenters. The Morgan fingerprint density at radius 1 is 1.30 bits per heavy atom. The molecule has 0 saturated carbocycles. The molecule has 0 aliphatic carbocycles. The Balaban J connectivity index is 1.65. The van der Waals surface area contributed by atoms with Crippen molar-refractivity contribution in [2.45, 2.75) is 19.4 Å². The summed E-state index contributed by atoms with van der Waals surface area (Å²) in [5.74, 6) is 1.37. The molecule has 3 rings (SSSR count). The molecule has 0 spiro atoms. The van der Waals surface area contributed by atoms with Gasteiger partial charge in [0.1, 0.15) is 30.0 Å². The second-order valence-corrected chi connectivity index (χ2v) is 5.83. The van der Waals surface area contributed by atoms with Crippen molar-refractivity contribution in [2.75, 3.05) is 6.61 Å². The maximum Gasteiger partial charge on any atom is 0.137 e. The normalized spacial score (nSPS) is 16.6. The van der Waals surface area contributed by atoms with E-state index in [1.54, 1.807) is 6.07 Å². The lowest BCUT2D eigenvalue weighted by Crippen LogP contribution is -2.22. The van der Waals surface area contributed by atoms with Crippen LogP contribution in [-0.2, 0) is 6.42 Å². The molecule has 2 aromatic rings. The van der Waals surface area contributed by atoms with E-state index in [1.807, 2.05) is 25.1 Å². The van der Waals surface area contributed by atoms with Crippen LogP contribution in [-0.4, -0.2) is 12.7 Å². The van der Waals surface area contributed by atoms with Crippen LogP contribution >= 0.6 is 15.9 Å². The molecule has 4 heteroatoms. The molecule has 2 nitrogen and oxygen atoms in total. The molecule has 1 aliphatic heterocycles. The summed E-state index contributed by atoms with van der Waals surface area (Å²) in [6.07, 6.45) is 0.616. The minimum atomic E-state index is -0.225. The minimum Gasteiger partial charge on any atom is -0.489 e. The highest BCUT2D eigenvalue weighted by Crippen LogP contribution is 2.30. The van der Waals surface area contributed by atoms with Crippen molar-refractivity contribution in [1.82, 2.24) is 0 Å². The van der Waals surface area contributed by atoms with E-state index >= 15 is 0 Å². The van der Waals surface area contributed by atoms with E-state index in [9.17, 15) is 4.39 Å². The molecule has 2 aromatic carbocycles. The van der Waals surface area contributed by atoms with Crippen LogP contribution in [0.4, 0.5) is 4.39 Å². The van der Waals surface area contributed by atoms with Gasteiger partial charge in [-0.15, -0.1) is 0 Å². The third kappa shape index (κ3) is 2.80. The molecule has 0 N–H and O–H groups in total. The Morgan fingerprint density at radius 3 is 3.00 bits per heavy atom. The summed E-state index contributed by atoms with van der Waals surface area (Å²) in [4.78, 5) is 0. The first kappa shape index (κ1) is 13.4. The largest absolute Gasteiger partial charge is 0.489 e. The number of hydrogen-bond donors (Lipinski definition) is 0. The van der Waals surface area contributed by atoms with Crippen molar-refractivity contribution in [3.8, 4) is 11.5 Å². The van der Waals surface area contributed by atoms with E-state index in [1.165, 1.54) is 12.1 Å². The Labute approximate surface area is 125 Å².